The van der Waals surface area contributed by atoms with Gasteiger partial charge in [-0.2, -0.15) is 4.40 Å². The molecular formula is C33H28FN2O4+. The van der Waals surface area contributed by atoms with Gasteiger partial charge in [-0.05, 0) is 59.0 Å². The summed E-state index contributed by atoms with van der Waals surface area (Å²) in [5.41, 5.74) is 5.36. The number of halogens is 1. The molecule has 0 aliphatic heterocycles. The van der Waals surface area contributed by atoms with E-state index in [1.165, 1.54) is 12.1 Å². The minimum atomic E-state index is -0.276. The van der Waals surface area contributed by atoms with Gasteiger partial charge in [-0.3, -0.25) is 4.98 Å². The second-order valence-corrected chi connectivity index (χ2v) is 9.48. The summed E-state index contributed by atoms with van der Waals surface area (Å²) in [5, 5.41) is 3.97. The molecule has 0 bridgehead atoms. The average molecular weight is 536 g/mol. The molecule has 3 aromatic carbocycles. The number of aryl methyl sites for hydroxylation is 1. The van der Waals surface area contributed by atoms with Gasteiger partial charge in [-0.1, -0.05) is 12.1 Å². The molecule has 200 valence electrons. The summed E-state index contributed by atoms with van der Waals surface area (Å²) < 4.78 is 38.7. The van der Waals surface area contributed by atoms with Gasteiger partial charge in [0.25, 0.3) is 0 Å². The second-order valence-electron chi connectivity index (χ2n) is 9.48. The fourth-order valence-corrected chi connectivity index (χ4v) is 5.43. The summed E-state index contributed by atoms with van der Waals surface area (Å²) in [7, 11) is 6.55. The third-order valence-corrected chi connectivity index (χ3v) is 7.42. The van der Waals surface area contributed by atoms with Crippen molar-refractivity contribution in [1.29, 1.82) is 0 Å². The van der Waals surface area contributed by atoms with Crippen molar-refractivity contribution in [3.63, 3.8) is 0 Å². The van der Waals surface area contributed by atoms with E-state index in [1.54, 1.807) is 46.8 Å². The molecule has 0 saturated heterocycles. The Morgan fingerprint density at radius 2 is 1.40 bits per heavy atom. The lowest BCUT2D eigenvalue weighted by Gasteiger charge is -2.16. The highest BCUT2D eigenvalue weighted by atomic mass is 19.1. The standard InChI is InChI=1S/C33H28FN2O4/c1-19-25-18-31(38-3)30(37-2)16-22(25)15-29-26-17-27(33(40-5)32(39-4)24(26)11-13-36(19)29)28-14-21(10-12-35-28)20-6-8-23(34)9-7-20/h6-18H,1-5H3/q+1. The van der Waals surface area contributed by atoms with Crippen LogP contribution in [0.25, 0.3) is 49.4 Å². The monoisotopic (exact) mass is 535 g/mol. The molecule has 6 rings (SSSR count). The highest BCUT2D eigenvalue weighted by Gasteiger charge is 2.24. The van der Waals surface area contributed by atoms with Crippen LogP contribution in [0.1, 0.15) is 5.69 Å². The predicted molar refractivity (Wildman–Crippen MR) is 154 cm³/mol. The number of pyridine rings is 3. The van der Waals surface area contributed by atoms with E-state index in [0.29, 0.717) is 28.7 Å². The second kappa shape index (κ2) is 10.0. The van der Waals surface area contributed by atoms with Crippen LogP contribution in [0.5, 0.6) is 23.0 Å². The minimum Gasteiger partial charge on any atom is -0.493 e. The van der Waals surface area contributed by atoms with Gasteiger partial charge in [0.1, 0.15) is 5.82 Å². The van der Waals surface area contributed by atoms with Gasteiger partial charge >= 0.3 is 0 Å². The smallest absolute Gasteiger partial charge is 0.219 e. The molecule has 7 heteroatoms. The number of fused-ring (bicyclic) bond motifs is 4. The summed E-state index contributed by atoms with van der Waals surface area (Å²) >= 11 is 0. The number of benzene rings is 3. The van der Waals surface area contributed by atoms with Crippen LogP contribution in [0.15, 0.2) is 79.1 Å². The van der Waals surface area contributed by atoms with E-state index in [-0.39, 0.29) is 5.82 Å². The summed E-state index contributed by atoms with van der Waals surface area (Å²) in [6.07, 6.45) is 3.79. The van der Waals surface area contributed by atoms with E-state index in [2.05, 4.69) is 28.4 Å². The van der Waals surface area contributed by atoms with Crippen LogP contribution in [-0.4, -0.2) is 33.4 Å². The Balaban J connectivity index is 1.66. The van der Waals surface area contributed by atoms with Crippen molar-refractivity contribution in [3.05, 3.63) is 90.6 Å². The van der Waals surface area contributed by atoms with Crippen LogP contribution in [-0.2, 0) is 0 Å². The summed E-state index contributed by atoms with van der Waals surface area (Å²) in [6.45, 7) is 2.09. The van der Waals surface area contributed by atoms with Crippen LogP contribution in [0.3, 0.4) is 0 Å². The number of hydrogen-bond donors (Lipinski definition) is 0. The zero-order chi connectivity index (χ0) is 28.0. The molecule has 3 aromatic heterocycles. The molecule has 0 radical (unpaired) electrons. The van der Waals surface area contributed by atoms with Crippen LogP contribution < -0.4 is 23.3 Å². The lowest BCUT2D eigenvalue weighted by molar-refractivity contribution is -0.516. The molecule has 0 spiro atoms. The number of ether oxygens (including phenoxy) is 4. The molecule has 0 aliphatic rings. The molecule has 0 unspecified atom stereocenters. The third-order valence-electron chi connectivity index (χ3n) is 7.42. The maximum Gasteiger partial charge on any atom is 0.219 e. The number of rotatable bonds is 6. The average Bonchev–Trinajstić information content (AvgIpc) is 2.99. The largest absolute Gasteiger partial charge is 0.493 e. The van der Waals surface area contributed by atoms with Gasteiger partial charge in [-0.15, -0.1) is 0 Å². The highest BCUT2D eigenvalue weighted by molar-refractivity contribution is 6.05. The molecule has 0 atom stereocenters. The maximum absolute atomic E-state index is 13.6. The normalized spacial score (nSPS) is 11.2. The van der Waals surface area contributed by atoms with Gasteiger partial charge in [-0.25, -0.2) is 4.39 Å². The molecule has 6 nitrogen and oxygen atoms in total. The van der Waals surface area contributed by atoms with Crippen molar-refractivity contribution in [2.24, 2.45) is 0 Å². The van der Waals surface area contributed by atoms with Crippen molar-refractivity contribution in [2.75, 3.05) is 28.4 Å². The van der Waals surface area contributed by atoms with Crippen molar-refractivity contribution < 1.29 is 27.7 Å². The summed E-state index contributed by atoms with van der Waals surface area (Å²) in [4.78, 5) is 4.69. The van der Waals surface area contributed by atoms with E-state index in [9.17, 15) is 4.39 Å². The molecule has 0 saturated carbocycles. The third kappa shape index (κ3) is 4.02. The Morgan fingerprint density at radius 3 is 2.10 bits per heavy atom. The number of nitrogens with zero attached hydrogens (tertiary/aromatic N) is 2. The predicted octanol–water partition coefficient (Wildman–Crippen LogP) is 6.94. The SMILES string of the molecule is COc1cc2cc3c4cc(-c5cc(-c6ccc(F)cc6)ccn5)c(OC)c(OC)c4cc[n+]3c(C)c2cc1OC. The lowest BCUT2D eigenvalue weighted by atomic mass is 9.98. The maximum atomic E-state index is 13.6. The Hall–Kier alpha value is -4.91. The topological polar surface area (TPSA) is 53.9 Å². The quantitative estimate of drug-likeness (QED) is 0.131. The molecular weight excluding hydrogens is 507 g/mol. The van der Waals surface area contributed by atoms with Gasteiger partial charge in [0.05, 0.1) is 44.9 Å². The Labute approximate surface area is 231 Å². The Bertz CT molecular complexity index is 1920. The van der Waals surface area contributed by atoms with Crippen LogP contribution in [0.2, 0.25) is 0 Å². The van der Waals surface area contributed by atoms with Crippen LogP contribution >= 0.6 is 0 Å². The number of hydrogen-bond acceptors (Lipinski definition) is 5. The Kier molecular flexibility index (Phi) is 6.34. The first-order valence-corrected chi connectivity index (χ1v) is 12.8. The minimum absolute atomic E-state index is 0.276. The molecule has 0 aliphatic carbocycles. The molecule has 40 heavy (non-hydrogen) atoms. The zero-order valence-electron chi connectivity index (χ0n) is 22.9. The highest BCUT2D eigenvalue weighted by Crippen LogP contribution is 2.45. The van der Waals surface area contributed by atoms with Crippen molar-refractivity contribution >= 4 is 27.1 Å². The first-order chi connectivity index (χ1) is 19.5. The van der Waals surface area contributed by atoms with Crippen LogP contribution in [0.4, 0.5) is 4.39 Å². The van der Waals surface area contributed by atoms with Gasteiger partial charge in [0, 0.05) is 36.2 Å². The molecule has 6 aromatic rings. The first kappa shape index (κ1) is 25.4. The lowest BCUT2D eigenvalue weighted by Crippen LogP contribution is -2.25. The molecule has 0 N–H and O–H groups in total. The first-order valence-electron chi connectivity index (χ1n) is 12.8. The van der Waals surface area contributed by atoms with Crippen molar-refractivity contribution in [2.45, 2.75) is 6.92 Å². The fraction of sp³-hybridized carbons (Fsp3) is 0.152. The van der Waals surface area contributed by atoms with Crippen molar-refractivity contribution in [3.8, 4) is 45.4 Å². The van der Waals surface area contributed by atoms with E-state index < -0.39 is 0 Å². The molecule has 3 heterocycles. The van der Waals surface area contributed by atoms with E-state index >= 15 is 0 Å². The summed E-state index contributed by atoms with van der Waals surface area (Å²) in [5.74, 6) is 2.28. The molecule has 0 fully saturated rings. The van der Waals surface area contributed by atoms with E-state index in [0.717, 1.165) is 49.4 Å². The number of methoxy groups -OCH3 is 4. The fourth-order valence-electron chi connectivity index (χ4n) is 5.43. The van der Waals surface area contributed by atoms with Crippen LogP contribution in [0, 0.1) is 12.7 Å². The van der Waals surface area contributed by atoms with Gasteiger partial charge in [0.15, 0.2) is 34.9 Å². The van der Waals surface area contributed by atoms with Crippen molar-refractivity contribution in [1.82, 2.24) is 4.98 Å². The molecule has 0 amide bonds. The number of aromatic nitrogens is 2. The summed E-state index contributed by atoms with van der Waals surface area (Å²) in [6, 6.07) is 20.6. The van der Waals surface area contributed by atoms with Gasteiger partial charge < -0.3 is 18.9 Å². The Morgan fingerprint density at radius 1 is 0.675 bits per heavy atom. The van der Waals surface area contributed by atoms with E-state index in [4.69, 9.17) is 18.9 Å². The van der Waals surface area contributed by atoms with Gasteiger partial charge in [0.2, 0.25) is 5.52 Å². The van der Waals surface area contributed by atoms with E-state index in [1.807, 2.05) is 36.5 Å². The zero-order valence-corrected chi connectivity index (χ0v) is 22.9.